The second-order valence-electron chi connectivity index (χ2n) is 9.81. The summed E-state index contributed by atoms with van der Waals surface area (Å²) in [5, 5.41) is 8.88. The molecule has 0 aliphatic carbocycles. The van der Waals surface area contributed by atoms with Crippen LogP contribution in [0.4, 0.5) is 0 Å². The number of aliphatic imine (C=N–C) groups is 1. The minimum atomic E-state index is 0.790. The number of aromatic nitrogens is 5. The van der Waals surface area contributed by atoms with Gasteiger partial charge in [-0.15, -0.1) is 0 Å². The third-order valence-electron chi connectivity index (χ3n) is 6.83. The Morgan fingerprint density at radius 3 is 2.69 bits per heavy atom. The molecule has 0 amide bonds. The lowest BCUT2D eigenvalue weighted by Gasteiger charge is -2.35. The smallest absolute Gasteiger partial charge is 0.159 e. The molecule has 180 valence electrons. The maximum Gasteiger partial charge on any atom is 0.159 e. The molecule has 0 unspecified atom stereocenters. The largest absolute Gasteiger partial charge is 0.352 e. The van der Waals surface area contributed by atoms with E-state index in [-0.39, 0.29) is 0 Å². The van der Waals surface area contributed by atoms with E-state index in [1.807, 2.05) is 12.4 Å². The van der Waals surface area contributed by atoms with Crippen LogP contribution in [0, 0.1) is 0 Å². The normalized spacial score (nSPS) is 16.7. The van der Waals surface area contributed by atoms with E-state index in [9.17, 15) is 0 Å². The van der Waals surface area contributed by atoms with E-state index in [0.717, 1.165) is 96.5 Å². The summed E-state index contributed by atoms with van der Waals surface area (Å²) in [6.45, 7) is 5.69. The van der Waals surface area contributed by atoms with E-state index in [1.54, 1.807) is 0 Å². The van der Waals surface area contributed by atoms with Gasteiger partial charge in [-0.2, -0.15) is 5.10 Å². The van der Waals surface area contributed by atoms with Gasteiger partial charge in [0.1, 0.15) is 11.4 Å². The summed E-state index contributed by atoms with van der Waals surface area (Å²) in [6.07, 6.45) is 4.72. The topological polar surface area (TPSA) is 92.3 Å². The van der Waals surface area contributed by atoms with Gasteiger partial charge in [0.25, 0.3) is 0 Å². The molecule has 1 aromatic carbocycles. The average molecular weight is 470 g/mol. The summed E-state index contributed by atoms with van der Waals surface area (Å²) in [6, 6.07) is 8.59. The first-order valence-electron chi connectivity index (χ1n) is 12.2. The number of amidine groups is 1. The van der Waals surface area contributed by atoms with Crippen LogP contribution in [0.1, 0.15) is 17.0 Å². The predicted molar refractivity (Wildman–Crippen MR) is 138 cm³/mol. The van der Waals surface area contributed by atoms with E-state index in [1.165, 1.54) is 5.56 Å². The van der Waals surface area contributed by atoms with Crippen molar-refractivity contribution in [1.82, 2.24) is 39.8 Å². The van der Waals surface area contributed by atoms with Gasteiger partial charge < -0.3 is 19.7 Å². The quantitative estimate of drug-likeness (QED) is 0.477. The molecule has 9 heteroatoms. The van der Waals surface area contributed by atoms with E-state index in [4.69, 9.17) is 9.98 Å². The van der Waals surface area contributed by atoms with E-state index in [0.29, 0.717) is 0 Å². The number of rotatable bonds is 4. The Kier molecular flexibility index (Phi) is 5.58. The SMILES string of the molecule is CN(C)Cc1cncc(-c2ccc3[nH]nc(-c4nc5c([nH]4)CCN=C5N4CCN(C)CC4)c3c2)c1. The van der Waals surface area contributed by atoms with Gasteiger partial charge in [-0.3, -0.25) is 15.1 Å². The molecule has 0 bridgehead atoms. The standard InChI is InChI=1S/C26H31N9/c1-33(2)16-17-12-19(15-27-14-17)18-4-5-21-20(13-18)23(32-31-21)25-29-22-6-7-28-26(24(22)30-25)35-10-8-34(3)9-11-35/h4-5,12-15H,6-11,16H2,1-3H3,(H,29,30)(H,31,32). The van der Waals surface area contributed by atoms with Crippen LogP contribution in [0.2, 0.25) is 0 Å². The highest BCUT2D eigenvalue weighted by Crippen LogP contribution is 2.31. The number of nitrogens with zero attached hydrogens (tertiary/aromatic N) is 7. The monoisotopic (exact) mass is 469 g/mol. The van der Waals surface area contributed by atoms with Crippen molar-refractivity contribution in [3.63, 3.8) is 0 Å². The second kappa shape index (κ2) is 8.90. The van der Waals surface area contributed by atoms with Gasteiger partial charge in [-0.05, 0) is 50.5 Å². The number of hydrogen-bond donors (Lipinski definition) is 2. The Labute approximate surface area is 204 Å². The van der Waals surface area contributed by atoms with E-state index in [2.05, 4.69) is 80.3 Å². The molecule has 35 heavy (non-hydrogen) atoms. The zero-order valence-corrected chi connectivity index (χ0v) is 20.5. The summed E-state index contributed by atoms with van der Waals surface area (Å²) in [4.78, 5) is 24.8. The van der Waals surface area contributed by atoms with E-state index < -0.39 is 0 Å². The van der Waals surface area contributed by atoms with Gasteiger partial charge >= 0.3 is 0 Å². The molecule has 5 heterocycles. The minimum Gasteiger partial charge on any atom is -0.352 e. The fraction of sp³-hybridized carbons (Fsp3) is 0.385. The van der Waals surface area contributed by atoms with Gasteiger partial charge in [-0.1, -0.05) is 6.07 Å². The number of fused-ring (bicyclic) bond motifs is 2. The third-order valence-corrected chi connectivity index (χ3v) is 6.83. The number of imidazole rings is 1. The zero-order valence-electron chi connectivity index (χ0n) is 20.5. The van der Waals surface area contributed by atoms with Crippen LogP contribution < -0.4 is 0 Å². The molecule has 0 saturated carbocycles. The van der Waals surface area contributed by atoms with Crippen LogP contribution in [-0.2, 0) is 13.0 Å². The Morgan fingerprint density at radius 1 is 1.00 bits per heavy atom. The van der Waals surface area contributed by atoms with Crippen LogP contribution in [0.3, 0.4) is 0 Å². The van der Waals surface area contributed by atoms with Crippen LogP contribution in [-0.4, -0.2) is 99.6 Å². The van der Waals surface area contributed by atoms with Crippen molar-refractivity contribution in [3.05, 3.63) is 53.6 Å². The Hall–Kier alpha value is -3.56. The number of nitrogens with one attached hydrogen (secondary N) is 2. The number of likely N-dealkylation sites (N-methyl/N-ethyl adjacent to an activating group) is 1. The number of aromatic amines is 2. The molecule has 6 rings (SSSR count). The van der Waals surface area contributed by atoms with Gasteiger partial charge in [0.15, 0.2) is 11.7 Å². The molecular weight excluding hydrogens is 438 g/mol. The summed E-state index contributed by atoms with van der Waals surface area (Å²) in [5.74, 6) is 1.81. The van der Waals surface area contributed by atoms with Crippen molar-refractivity contribution in [2.24, 2.45) is 4.99 Å². The fourth-order valence-electron chi connectivity index (χ4n) is 4.98. The molecule has 1 fully saturated rings. The number of H-pyrrole nitrogens is 2. The fourth-order valence-corrected chi connectivity index (χ4v) is 4.98. The molecule has 4 aromatic rings. The van der Waals surface area contributed by atoms with Gasteiger partial charge in [-0.25, -0.2) is 4.98 Å². The highest BCUT2D eigenvalue weighted by molar-refractivity contribution is 6.00. The van der Waals surface area contributed by atoms with Crippen LogP contribution >= 0.6 is 0 Å². The van der Waals surface area contributed by atoms with Crippen molar-refractivity contribution in [2.75, 3.05) is 53.9 Å². The van der Waals surface area contributed by atoms with Crippen molar-refractivity contribution < 1.29 is 0 Å². The predicted octanol–water partition coefficient (Wildman–Crippen LogP) is 2.63. The molecule has 0 spiro atoms. The number of hydrogen-bond acceptors (Lipinski definition) is 7. The van der Waals surface area contributed by atoms with Crippen LogP contribution in [0.5, 0.6) is 0 Å². The van der Waals surface area contributed by atoms with Crippen LogP contribution in [0.25, 0.3) is 33.5 Å². The average Bonchev–Trinajstić information content (AvgIpc) is 3.48. The van der Waals surface area contributed by atoms with Gasteiger partial charge in [0.2, 0.25) is 0 Å². The van der Waals surface area contributed by atoms with Crippen LogP contribution in [0.15, 0.2) is 41.7 Å². The molecule has 3 aromatic heterocycles. The molecule has 0 radical (unpaired) electrons. The van der Waals surface area contributed by atoms with E-state index >= 15 is 0 Å². The van der Waals surface area contributed by atoms with Gasteiger partial charge in [0, 0.05) is 74.7 Å². The summed E-state index contributed by atoms with van der Waals surface area (Å²) >= 11 is 0. The minimum absolute atomic E-state index is 0.790. The Bertz CT molecular complexity index is 1390. The maximum absolute atomic E-state index is 5.03. The Balaban J connectivity index is 1.35. The molecule has 1 saturated heterocycles. The first kappa shape index (κ1) is 21.9. The molecule has 0 atom stereocenters. The number of benzene rings is 1. The first-order valence-corrected chi connectivity index (χ1v) is 12.2. The molecule has 2 aliphatic rings. The van der Waals surface area contributed by atoms with Crippen molar-refractivity contribution in [2.45, 2.75) is 13.0 Å². The lowest BCUT2D eigenvalue weighted by molar-refractivity contribution is 0.215. The second-order valence-corrected chi connectivity index (χ2v) is 9.81. The highest BCUT2D eigenvalue weighted by Gasteiger charge is 2.27. The molecular formula is C26H31N9. The maximum atomic E-state index is 5.03. The Morgan fingerprint density at radius 2 is 1.86 bits per heavy atom. The lowest BCUT2D eigenvalue weighted by atomic mass is 10.0. The van der Waals surface area contributed by atoms with Crippen molar-refractivity contribution >= 4 is 16.7 Å². The third kappa shape index (κ3) is 4.21. The first-order chi connectivity index (χ1) is 17.0. The summed E-state index contributed by atoms with van der Waals surface area (Å²) < 4.78 is 0. The molecule has 2 aliphatic heterocycles. The highest BCUT2D eigenvalue weighted by atomic mass is 15.3. The number of piperazine rings is 1. The van der Waals surface area contributed by atoms with Crippen molar-refractivity contribution in [3.8, 4) is 22.6 Å². The number of pyridine rings is 1. The molecule has 9 nitrogen and oxygen atoms in total. The molecule has 2 N–H and O–H groups in total. The van der Waals surface area contributed by atoms with Crippen molar-refractivity contribution in [1.29, 1.82) is 0 Å². The summed E-state index contributed by atoms with van der Waals surface area (Å²) in [7, 11) is 6.31. The van der Waals surface area contributed by atoms with Gasteiger partial charge in [0.05, 0.1) is 5.52 Å². The summed E-state index contributed by atoms with van der Waals surface area (Å²) in [5.41, 5.74) is 7.36. The zero-order chi connectivity index (χ0) is 23.9. The lowest BCUT2D eigenvalue weighted by Crippen LogP contribution is -2.48.